The fourth-order valence-corrected chi connectivity index (χ4v) is 4.39. The Morgan fingerprint density at radius 2 is 1.61 bits per heavy atom. The van der Waals surface area contributed by atoms with E-state index < -0.39 is 5.69 Å². The minimum atomic E-state index is -0.466. The smallest absolute Gasteiger partial charge is 0.331 e. The lowest BCUT2D eigenvalue weighted by Gasteiger charge is -2.35. The van der Waals surface area contributed by atoms with Crippen molar-refractivity contribution in [1.82, 2.24) is 24.3 Å². The van der Waals surface area contributed by atoms with Crippen molar-refractivity contribution in [2.75, 3.05) is 39.8 Å². The zero-order chi connectivity index (χ0) is 23.4. The number of carbonyl (C=O) groups is 1. The molecule has 1 amide bonds. The van der Waals surface area contributed by atoms with Crippen LogP contribution in [0.3, 0.4) is 0 Å². The van der Waals surface area contributed by atoms with Crippen molar-refractivity contribution in [1.29, 1.82) is 0 Å². The number of benzene rings is 2. The van der Waals surface area contributed by atoms with E-state index >= 15 is 0 Å². The van der Waals surface area contributed by atoms with Gasteiger partial charge in [0.2, 0.25) is 5.91 Å². The predicted molar refractivity (Wildman–Crippen MR) is 129 cm³/mol. The molecule has 1 aliphatic heterocycles. The molecule has 2 heterocycles. The largest absolute Gasteiger partial charge is 0.346 e. The molecule has 1 aromatic heterocycles. The molecule has 33 heavy (non-hydrogen) atoms. The van der Waals surface area contributed by atoms with E-state index in [1.807, 2.05) is 30.3 Å². The summed E-state index contributed by atoms with van der Waals surface area (Å²) in [7, 11) is 2.12. The number of nitrogens with zero attached hydrogens (tertiary/aromatic N) is 4. The van der Waals surface area contributed by atoms with Crippen LogP contribution in [-0.2, 0) is 17.9 Å². The standard InChI is InChI=1S/C25H31N5O3/c1-3-29-24(32)20-11-7-8-12-22(20)30(25(29)33)18-23(31)26-21(19-9-5-4-6-10-19)17-28-15-13-27(2)14-16-28/h4-12,21H,3,13-18H2,1-2H3,(H,26,31). The third kappa shape index (κ3) is 5.07. The zero-order valence-corrected chi connectivity index (χ0v) is 19.2. The lowest BCUT2D eigenvalue weighted by atomic mass is 10.1. The average molecular weight is 450 g/mol. The van der Waals surface area contributed by atoms with Gasteiger partial charge in [0.05, 0.1) is 16.9 Å². The second kappa shape index (κ2) is 10.1. The number of aromatic nitrogens is 2. The number of piperazine rings is 1. The Hall–Kier alpha value is -3.23. The molecule has 8 heteroatoms. The molecule has 1 fully saturated rings. The summed E-state index contributed by atoms with van der Waals surface area (Å²) in [5.41, 5.74) is 0.710. The minimum absolute atomic E-state index is 0.147. The predicted octanol–water partition coefficient (Wildman–Crippen LogP) is 1.29. The van der Waals surface area contributed by atoms with Gasteiger partial charge in [0.25, 0.3) is 5.56 Å². The van der Waals surface area contributed by atoms with Gasteiger partial charge in [-0.05, 0) is 31.7 Å². The van der Waals surface area contributed by atoms with Crippen molar-refractivity contribution in [2.45, 2.75) is 26.1 Å². The van der Waals surface area contributed by atoms with E-state index in [4.69, 9.17) is 0 Å². The first-order chi connectivity index (χ1) is 16.0. The maximum atomic E-state index is 13.2. The van der Waals surface area contributed by atoms with Crippen LogP contribution in [0, 0.1) is 0 Å². The summed E-state index contributed by atoms with van der Waals surface area (Å²) in [6.07, 6.45) is 0. The first kappa shape index (κ1) is 22.9. The quantitative estimate of drug-likeness (QED) is 0.588. The maximum absolute atomic E-state index is 13.2. The van der Waals surface area contributed by atoms with Crippen LogP contribution in [0.2, 0.25) is 0 Å². The molecule has 8 nitrogen and oxygen atoms in total. The number of hydrogen-bond acceptors (Lipinski definition) is 5. The van der Waals surface area contributed by atoms with Gasteiger partial charge in [-0.2, -0.15) is 0 Å². The summed E-state index contributed by atoms with van der Waals surface area (Å²) in [5, 5.41) is 3.58. The average Bonchev–Trinajstić information content (AvgIpc) is 2.83. The molecule has 0 saturated carbocycles. The van der Waals surface area contributed by atoms with Crippen LogP contribution in [0.1, 0.15) is 18.5 Å². The van der Waals surface area contributed by atoms with E-state index in [1.54, 1.807) is 31.2 Å². The number of nitrogens with one attached hydrogen (secondary N) is 1. The van der Waals surface area contributed by atoms with Gasteiger partial charge in [0.15, 0.2) is 0 Å². The van der Waals surface area contributed by atoms with E-state index in [0.29, 0.717) is 17.4 Å². The van der Waals surface area contributed by atoms with E-state index in [0.717, 1.165) is 31.7 Å². The summed E-state index contributed by atoms with van der Waals surface area (Å²) in [4.78, 5) is 43.5. The Labute approximate surface area is 193 Å². The van der Waals surface area contributed by atoms with Gasteiger partial charge < -0.3 is 10.2 Å². The number of likely N-dealkylation sites (N-methyl/N-ethyl adjacent to an activating group) is 1. The molecule has 1 N–H and O–H groups in total. The van der Waals surface area contributed by atoms with E-state index in [1.165, 1.54) is 9.13 Å². The second-order valence-electron chi connectivity index (χ2n) is 8.57. The van der Waals surface area contributed by atoms with Gasteiger partial charge in [0, 0.05) is 39.3 Å². The third-order valence-electron chi connectivity index (χ3n) is 6.32. The van der Waals surface area contributed by atoms with Gasteiger partial charge in [0.1, 0.15) is 6.54 Å². The molecular weight excluding hydrogens is 418 g/mol. The summed E-state index contributed by atoms with van der Waals surface area (Å²) in [6, 6.07) is 16.7. The lowest BCUT2D eigenvalue weighted by Crippen LogP contribution is -2.48. The molecule has 1 atom stereocenters. The van der Waals surface area contributed by atoms with Crippen LogP contribution in [0.25, 0.3) is 10.9 Å². The third-order valence-corrected chi connectivity index (χ3v) is 6.32. The number of amides is 1. The number of hydrogen-bond donors (Lipinski definition) is 1. The maximum Gasteiger partial charge on any atom is 0.331 e. The molecule has 2 aromatic carbocycles. The Morgan fingerprint density at radius 1 is 0.939 bits per heavy atom. The molecule has 4 rings (SSSR count). The molecule has 174 valence electrons. The van der Waals surface area contributed by atoms with E-state index in [-0.39, 0.29) is 30.6 Å². The highest BCUT2D eigenvalue weighted by atomic mass is 16.2. The monoisotopic (exact) mass is 449 g/mol. The van der Waals surface area contributed by atoms with Crippen molar-refractivity contribution < 1.29 is 4.79 Å². The summed E-state index contributed by atoms with van der Waals surface area (Å²) >= 11 is 0. The lowest BCUT2D eigenvalue weighted by molar-refractivity contribution is -0.122. The van der Waals surface area contributed by atoms with Gasteiger partial charge in [-0.25, -0.2) is 4.79 Å². The summed E-state index contributed by atoms with van der Waals surface area (Å²) in [5.74, 6) is -0.258. The molecule has 3 aromatic rings. The molecule has 0 bridgehead atoms. The van der Waals surface area contributed by atoms with Crippen LogP contribution in [0.15, 0.2) is 64.2 Å². The highest BCUT2D eigenvalue weighted by Crippen LogP contribution is 2.16. The number of rotatable bonds is 7. The molecule has 0 spiro atoms. The van der Waals surface area contributed by atoms with Gasteiger partial charge >= 0.3 is 5.69 Å². The van der Waals surface area contributed by atoms with Crippen LogP contribution >= 0.6 is 0 Å². The summed E-state index contributed by atoms with van der Waals surface area (Å²) < 4.78 is 2.57. The van der Waals surface area contributed by atoms with Crippen LogP contribution in [0.4, 0.5) is 0 Å². The van der Waals surface area contributed by atoms with Crippen LogP contribution in [0.5, 0.6) is 0 Å². The topological polar surface area (TPSA) is 79.6 Å². The first-order valence-corrected chi connectivity index (χ1v) is 11.5. The highest BCUT2D eigenvalue weighted by molar-refractivity contribution is 5.81. The van der Waals surface area contributed by atoms with Gasteiger partial charge in [-0.3, -0.25) is 23.6 Å². The van der Waals surface area contributed by atoms with Gasteiger partial charge in [-0.1, -0.05) is 42.5 Å². The van der Waals surface area contributed by atoms with Crippen molar-refractivity contribution in [3.05, 3.63) is 81.0 Å². The fraction of sp³-hybridized carbons (Fsp3) is 0.400. The Balaban J connectivity index is 1.60. The molecule has 1 unspecified atom stereocenters. The molecule has 1 saturated heterocycles. The Bertz CT molecular complexity index is 1230. The molecular formula is C25H31N5O3. The minimum Gasteiger partial charge on any atom is -0.346 e. The zero-order valence-electron chi connectivity index (χ0n) is 19.2. The van der Waals surface area contributed by atoms with Gasteiger partial charge in [-0.15, -0.1) is 0 Å². The van der Waals surface area contributed by atoms with E-state index in [9.17, 15) is 14.4 Å². The Kier molecular flexibility index (Phi) is 7.05. The number of para-hydroxylation sites is 1. The SMILES string of the molecule is CCn1c(=O)c2ccccc2n(CC(=O)NC(CN2CCN(C)CC2)c2ccccc2)c1=O. The summed E-state index contributed by atoms with van der Waals surface area (Å²) in [6.45, 7) is 6.44. The van der Waals surface area contributed by atoms with Crippen molar-refractivity contribution in [3.63, 3.8) is 0 Å². The normalized spacial score (nSPS) is 16.1. The number of carbonyl (C=O) groups excluding carboxylic acids is 1. The molecule has 1 aliphatic rings. The second-order valence-corrected chi connectivity index (χ2v) is 8.57. The molecule has 0 radical (unpaired) electrons. The fourth-order valence-electron chi connectivity index (χ4n) is 4.39. The number of fused-ring (bicyclic) bond motifs is 1. The van der Waals surface area contributed by atoms with Crippen molar-refractivity contribution in [2.24, 2.45) is 0 Å². The first-order valence-electron chi connectivity index (χ1n) is 11.5. The highest BCUT2D eigenvalue weighted by Gasteiger charge is 2.22. The van der Waals surface area contributed by atoms with Crippen LogP contribution in [-0.4, -0.2) is 64.6 Å². The van der Waals surface area contributed by atoms with Crippen molar-refractivity contribution >= 4 is 16.8 Å². The van der Waals surface area contributed by atoms with Crippen LogP contribution < -0.4 is 16.6 Å². The van der Waals surface area contributed by atoms with Crippen molar-refractivity contribution in [3.8, 4) is 0 Å². The van der Waals surface area contributed by atoms with E-state index in [2.05, 4.69) is 22.2 Å². The Morgan fingerprint density at radius 3 is 2.30 bits per heavy atom. The molecule has 0 aliphatic carbocycles.